The minimum absolute atomic E-state index is 0.146. The molecule has 238 valence electrons. The van der Waals surface area contributed by atoms with Crippen LogP contribution in [0.2, 0.25) is 0 Å². The van der Waals surface area contributed by atoms with E-state index in [-0.39, 0.29) is 18.2 Å². The summed E-state index contributed by atoms with van der Waals surface area (Å²) in [5.41, 5.74) is 5.21. The zero-order chi connectivity index (χ0) is 31.9. The molecule has 0 unspecified atom stereocenters. The van der Waals surface area contributed by atoms with Crippen LogP contribution in [0.3, 0.4) is 0 Å². The fourth-order valence-corrected chi connectivity index (χ4v) is 5.89. The Morgan fingerprint density at radius 2 is 1.65 bits per heavy atom. The van der Waals surface area contributed by atoms with Crippen molar-refractivity contribution in [3.8, 4) is 28.5 Å². The summed E-state index contributed by atoms with van der Waals surface area (Å²) in [6, 6.07) is 29.1. The molecule has 0 radical (unpaired) electrons. The van der Waals surface area contributed by atoms with Gasteiger partial charge in [0, 0.05) is 25.2 Å². The highest BCUT2D eigenvalue weighted by Gasteiger charge is 2.28. The van der Waals surface area contributed by atoms with Gasteiger partial charge in [0.2, 0.25) is 5.91 Å². The number of phenols is 1. The number of amides is 1. The third-order valence-electron chi connectivity index (χ3n) is 8.38. The van der Waals surface area contributed by atoms with Crippen LogP contribution in [0.5, 0.6) is 17.2 Å². The van der Waals surface area contributed by atoms with Gasteiger partial charge in [-0.2, -0.15) is 5.10 Å². The Hall–Kier alpha value is -4.70. The summed E-state index contributed by atoms with van der Waals surface area (Å²) in [5, 5.41) is 19.2. The molecule has 0 aliphatic carbocycles. The van der Waals surface area contributed by atoms with Crippen molar-refractivity contribution in [3.63, 3.8) is 0 Å². The predicted molar refractivity (Wildman–Crippen MR) is 181 cm³/mol. The Bertz CT molecular complexity index is 1770. The van der Waals surface area contributed by atoms with E-state index in [1.165, 1.54) is 0 Å². The van der Waals surface area contributed by atoms with E-state index in [0.29, 0.717) is 50.0 Å². The lowest BCUT2D eigenvalue weighted by Crippen LogP contribution is -2.35. The number of nitrogens with zero attached hydrogens (tertiary/aromatic N) is 4. The number of carbonyl (C=O) groups is 1. The quantitative estimate of drug-likeness (QED) is 0.127. The van der Waals surface area contributed by atoms with Crippen molar-refractivity contribution in [2.45, 2.75) is 33.5 Å². The van der Waals surface area contributed by atoms with Gasteiger partial charge in [-0.05, 0) is 54.5 Å². The Morgan fingerprint density at radius 1 is 0.913 bits per heavy atom. The van der Waals surface area contributed by atoms with Crippen LogP contribution in [-0.4, -0.2) is 69.9 Å². The van der Waals surface area contributed by atoms with Crippen LogP contribution in [0.25, 0.3) is 22.2 Å². The highest BCUT2D eigenvalue weighted by Crippen LogP contribution is 2.50. The summed E-state index contributed by atoms with van der Waals surface area (Å²) in [6.07, 6.45) is 0. The van der Waals surface area contributed by atoms with Crippen molar-refractivity contribution in [1.29, 1.82) is 0 Å². The lowest BCUT2D eigenvalue weighted by Gasteiger charge is -2.23. The first-order chi connectivity index (χ1) is 22.5. The number of aromatic hydroxyl groups is 1. The van der Waals surface area contributed by atoms with E-state index in [4.69, 9.17) is 14.6 Å². The standard InChI is InChI=1S/C37H41N5O4/c1-3-40(4-2)19-20-42-32-17-16-31(37-35(32)36(39-42)30-23-29(43)15-18-33(30)46-37)38-34(44)25-41(24-27-11-7-5-8-12-27)21-22-45-26-28-13-9-6-10-14-28/h5-18,23,43H,3-4,19-22,24-26H2,1-2H3,(H,38,44). The van der Waals surface area contributed by atoms with Crippen LogP contribution in [0.15, 0.2) is 91.0 Å². The van der Waals surface area contributed by atoms with Crippen molar-refractivity contribution in [2.24, 2.45) is 0 Å². The zero-order valence-corrected chi connectivity index (χ0v) is 26.5. The molecule has 2 N–H and O–H groups in total. The summed E-state index contributed by atoms with van der Waals surface area (Å²) < 4.78 is 14.4. The molecule has 4 aromatic carbocycles. The highest BCUT2D eigenvalue weighted by atomic mass is 16.5. The smallest absolute Gasteiger partial charge is 0.238 e. The Morgan fingerprint density at radius 3 is 2.39 bits per heavy atom. The number of ether oxygens (including phenoxy) is 2. The van der Waals surface area contributed by atoms with Gasteiger partial charge in [-0.3, -0.25) is 14.4 Å². The molecule has 9 nitrogen and oxygen atoms in total. The maximum absolute atomic E-state index is 13.6. The first kappa shape index (κ1) is 31.3. The Kier molecular flexibility index (Phi) is 9.93. The van der Waals surface area contributed by atoms with Gasteiger partial charge in [0.05, 0.1) is 42.9 Å². The highest BCUT2D eigenvalue weighted by molar-refractivity contribution is 6.07. The second kappa shape index (κ2) is 14.6. The monoisotopic (exact) mass is 619 g/mol. The summed E-state index contributed by atoms with van der Waals surface area (Å²) in [7, 11) is 0. The summed E-state index contributed by atoms with van der Waals surface area (Å²) in [6.45, 7) is 10.2. The number of rotatable bonds is 15. The molecule has 1 aliphatic heterocycles. The molecule has 0 spiro atoms. The summed E-state index contributed by atoms with van der Waals surface area (Å²) >= 11 is 0. The number of phenolic OH excluding ortho intramolecular Hbond substituents is 1. The Labute approximate surface area is 270 Å². The first-order valence-electron chi connectivity index (χ1n) is 16.0. The Balaban J connectivity index is 1.22. The number of hydrogen-bond donors (Lipinski definition) is 2. The van der Waals surface area contributed by atoms with Crippen LogP contribution < -0.4 is 10.1 Å². The van der Waals surface area contributed by atoms with Crippen LogP contribution >= 0.6 is 0 Å². The minimum atomic E-state index is -0.148. The summed E-state index contributed by atoms with van der Waals surface area (Å²) in [4.78, 5) is 18.1. The normalized spacial score (nSPS) is 12.0. The van der Waals surface area contributed by atoms with Gasteiger partial charge in [0.25, 0.3) is 0 Å². The van der Waals surface area contributed by atoms with Gasteiger partial charge >= 0.3 is 0 Å². The van der Waals surface area contributed by atoms with Crippen LogP contribution in [0.1, 0.15) is 25.0 Å². The SMILES string of the molecule is CCN(CC)CCn1nc2c3c(c(NC(=O)CN(CCOCc4ccccc4)Cc4ccccc4)ccc31)Oc1ccc(O)cc1-2. The van der Waals surface area contributed by atoms with Crippen molar-refractivity contribution in [1.82, 2.24) is 19.6 Å². The van der Waals surface area contributed by atoms with Crippen molar-refractivity contribution in [2.75, 3.05) is 44.6 Å². The molecule has 0 saturated carbocycles. The predicted octanol–water partition coefficient (Wildman–Crippen LogP) is 6.51. The van der Waals surface area contributed by atoms with Crippen LogP contribution in [-0.2, 0) is 29.2 Å². The van der Waals surface area contributed by atoms with E-state index in [1.807, 2.05) is 65.3 Å². The molecule has 5 aromatic rings. The van der Waals surface area contributed by atoms with Gasteiger partial charge in [-0.1, -0.05) is 74.5 Å². The fraction of sp³-hybridized carbons (Fsp3) is 0.297. The topological polar surface area (TPSA) is 92.1 Å². The lowest BCUT2D eigenvalue weighted by molar-refractivity contribution is -0.117. The van der Waals surface area contributed by atoms with E-state index in [9.17, 15) is 9.90 Å². The number of hydrogen-bond acceptors (Lipinski definition) is 7. The zero-order valence-electron chi connectivity index (χ0n) is 26.5. The number of nitrogens with one attached hydrogen (secondary N) is 1. The fourth-order valence-electron chi connectivity index (χ4n) is 5.89. The molecule has 46 heavy (non-hydrogen) atoms. The third-order valence-corrected chi connectivity index (χ3v) is 8.38. The number of likely N-dealkylation sites (N-methyl/N-ethyl adjacent to an activating group) is 1. The molecule has 1 aliphatic rings. The van der Waals surface area contributed by atoms with E-state index in [2.05, 4.69) is 41.1 Å². The molecule has 1 amide bonds. The number of carbonyl (C=O) groups excluding carboxylic acids is 1. The first-order valence-corrected chi connectivity index (χ1v) is 16.0. The average Bonchev–Trinajstić information content (AvgIpc) is 3.45. The summed E-state index contributed by atoms with van der Waals surface area (Å²) in [5.74, 6) is 1.15. The van der Waals surface area contributed by atoms with E-state index in [0.717, 1.165) is 52.9 Å². The van der Waals surface area contributed by atoms with Crippen LogP contribution in [0.4, 0.5) is 5.69 Å². The molecule has 0 saturated heterocycles. The lowest BCUT2D eigenvalue weighted by atomic mass is 10.0. The molecule has 9 heteroatoms. The van der Waals surface area contributed by atoms with E-state index >= 15 is 0 Å². The molecular formula is C37H41N5O4. The second-order valence-electron chi connectivity index (χ2n) is 11.5. The molecule has 0 atom stereocenters. The molecule has 0 fully saturated rings. The van der Waals surface area contributed by atoms with E-state index < -0.39 is 0 Å². The van der Waals surface area contributed by atoms with Crippen molar-refractivity contribution < 1.29 is 19.4 Å². The molecule has 1 aromatic heterocycles. The van der Waals surface area contributed by atoms with Gasteiger partial charge in [-0.25, -0.2) is 0 Å². The minimum Gasteiger partial charge on any atom is -0.508 e. The van der Waals surface area contributed by atoms with Crippen LogP contribution in [0, 0.1) is 0 Å². The van der Waals surface area contributed by atoms with Gasteiger partial charge < -0.3 is 24.8 Å². The third kappa shape index (κ3) is 7.23. The number of aromatic nitrogens is 2. The average molecular weight is 620 g/mol. The molecular weight excluding hydrogens is 578 g/mol. The molecule has 6 rings (SSSR count). The largest absolute Gasteiger partial charge is 0.508 e. The molecule has 2 heterocycles. The van der Waals surface area contributed by atoms with Gasteiger partial charge in [0.15, 0.2) is 5.75 Å². The number of fused-ring (bicyclic) bond motifs is 2. The second-order valence-corrected chi connectivity index (χ2v) is 11.5. The van der Waals surface area contributed by atoms with Crippen molar-refractivity contribution >= 4 is 22.5 Å². The maximum atomic E-state index is 13.6. The van der Waals surface area contributed by atoms with Crippen molar-refractivity contribution in [3.05, 3.63) is 102 Å². The molecule has 0 bridgehead atoms. The van der Waals surface area contributed by atoms with Gasteiger partial charge in [-0.15, -0.1) is 0 Å². The van der Waals surface area contributed by atoms with Gasteiger partial charge in [0.1, 0.15) is 17.2 Å². The maximum Gasteiger partial charge on any atom is 0.238 e. The number of anilines is 1. The van der Waals surface area contributed by atoms with E-state index in [1.54, 1.807) is 18.2 Å². The number of benzene rings is 4.